The highest BCUT2D eigenvalue weighted by Gasteiger charge is 2.21. The molecule has 4 rings (SSSR count). The highest BCUT2D eigenvalue weighted by Crippen LogP contribution is 2.29. The number of benzene rings is 2. The van der Waals surface area contributed by atoms with E-state index in [1.807, 2.05) is 50.4 Å². The molecule has 0 aliphatic rings. The van der Waals surface area contributed by atoms with Gasteiger partial charge in [-0.05, 0) is 31.2 Å². The summed E-state index contributed by atoms with van der Waals surface area (Å²) in [5, 5.41) is 1.66. The molecule has 1 amide bonds. The van der Waals surface area contributed by atoms with E-state index in [-0.39, 0.29) is 11.9 Å². The summed E-state index contributed by atoms with van der Waals surface area (Å²) in [6.07, 6.45) is 0. The van der Waals surface area contributed by atoms with E-state index >= 15 is 0 Å². The fourth-order valence-electron chi connectivity index (χ4n) is 2.84. The molecule has 0 radical (unpaired) electrons. The third-order valence-electron chi connectivity index (χ3n) is 4.64. The normalized spacial score (nSPS) is 12.4. The Morgan fingerprint density at radius 3 is 2.86 bits per heavy atom. The lowest BCUT2D eigenvalue weighted by molar-refractivity contribution is -0.128. The van der Waals surface area contributed by atoms with Crippen LogP contribution in [0.5, 0.6) is 5.75 Å². The first-order valence-electron chi connectivity index (χ1n) is 8.83. The molecule has 6 nitrogen and oxygen atoms in total. The predicted octanol–water partition coefficient (Wildman–Crippen LogP) is 4.49. The molecule has 0 saturated carbocycles. The molecule has 0 saturated heterocycles. The van der Waals surface area contributed by atoms with Gasteiger partial charge in [0, 0.05) is 13.1 Å². The zero-order valence-corrected chi connectivity index (χ0v) is 17.4. The molecule has 0 unspecified atom stereocenters. The van der Waals surface area contributed by atoms with Crippen molar-refractivity contribution in [1.29, 1.82) is 0 Å². The molecular weight excluding hydrogens is 392 g/mol. The standard InChI is InChI=1S/C20H20N4O2S2/c1-12(19-21-15-6-4-5-7-17(15)28-19)24(2)18(25)11-27-20-22-14-9-8-13(26-3)10-16(14)23-20/h4-10,12H,11H2,1-3H3,(H,22,23)/t12-/m1/s1. The van der Waals surface area contributed by atoms with Crippen LogP contribution in [0.25, 0.3) is 21.3 Å². The van der Waals surface area contributed by atoms with Gasteiger partial charge < -0.3 is 14.6 Å². The number of aromatic amines is 1. The minimum Gasteiger partial charge on any atom is -0.497 e. The first kappa shape index (κ1) is 18.8. The SMILES string of the molecule is COc1ccc2nc(SCC(=O)N(C)[C@H](C)c3nc4ccccc4s3)[nH]c2c1. The number of carbonyl (C=O) groups is 1. The Hall–Kier alpha value is -2.58. The number of methoxy groups -OCH3 is 1. The average molecular weight is 413 g/mol. The summed E-state index contributed by atoms with van der Waals surface area (Å²) in [7, 11) is 3.46. The Labute approximate surface area is 170 Å². The first-order valence-corrected chi connectivity index (χ1v) is 10.6. The third-order valence-corrected chi connectivity index (χ3v) is 6.71. The van der Waals surface area contributed by atoms with E-state index in [1.165, 1.54) is 11.8 Å². The molecule has 8 heteroatoms. The number of thiazole rings is 1. The maximum Gasteiger partial charge on any atom is 0.233 e. The van der Waals surface area contributed by atoms with E-state index in [2.05, 4.69) is 21.0 Å². The van der Waals surface area contributed by atoms with Crippen molar-refractivity contribution in [3.8, 4) is 5.75 Å². The van der Waals surface area contributed by atoms with Crippen molar-refractivity contribution >= 4 is 50.3 Å². The number of amides is 1. The number of para-hydroxylation sites is 1. The molecule has 0 fully saturated rings. The average Bonchev–Trinajstić information content (AvgIpc) is 3.33. The van der Waals surface area contributed by atoms with Gasteiger partial charge in [0.15, 0.2) is 5.16 Å². The highest BCUT2D eigenvalue weighted by atomic mass is 32.2. The van der Waals surface area contributed by atoms with Crippen molar-refractivity contribution in [3.63, 3.8) is 0 Å². The van der Waals surface area contributed by atoms with Crippen LogP contribution in [0.15, 0.2) is 47.6 Å². The number of imidazole rings is 1. The Balaban J connectivity index is 1.42. The van der Waals surface area contributed by atoms with Gasteiger partial charge in [0.1, 0.15) is 10.8 Å². The van der Waals surface area contributed by atoms with E-state index in [0.717, 1.165) is 37.2 Å². The van der Waals surface area contributed by atoms with Crippen LogP contribution >= 0.6 is 23.1 Å². The lowest BCUT2D eigenvalue weighted by Crippen LogP contribution is -2.31. The number of hydrogen-bond donors (Lipinski definition) is 1. The van der Waals surface area contributed by atoms with Crippen LogP contribution in [0.4, 0.5) is 0 Å². The van der Waals surface area contributed by atoms with E-state index < -0.39 is 0 Å². The number of H-pyrrole nitrogens is 1. The van der Waals surface area contributed by atoms with Crippen LogP contribution in [-0.4, -0.2) is 45.7 Å². The number of hydrogen-bond acceptors (Lipinski definition) is 6. The van der Waals surface area contributed by atoms with Gasteiger partial charge in [-0.3, -0.25) is 4.79 Å². The second-order valence-corrected chi connectivity index (χ2v) is 8.44. The first-order chi connectivity index (χ1) is 13.5. The van der Waals surface area contributed by atoms with Crippen LogP contribution in [0.2, 0.25) is 0 Å². The van der Waals surface area contributed by atoms with Crippen LogP contribution < -0.4 is 4.74 Å². The van der Waals surface area contributed by atoms with Crippen molar-refractivity contribution in [1.82, 2.24) is 19.9 Å². The molecule has 4 aromatic rings. The molecule has 0 aliphatic carbocycles. The summed E-state index contributed by atoms with van der Waals surface area (Å²) >= 11 is 3.03. The van der Waals surface area contributed by atoms with E-state index in [1.54, 1.807) is 23.3 Å². The van der Waals surface area contributed by atoms with Gasteiger partial charge in [-0.15, -0.1) is 11.3 Å². The largest absolute Gasteiger partial charge is 0.497 e. The number of carbonyl (C=O) groups excluding carboxylic acids is 1. The number of nitrogens with one attached hydrogen (secondary N) is 1. The predicted molar refractivity (Wildman–Crippen MR) is 114 cm³/mol. The highest BCUT2D eigenvalue weighted by molar-refractivity contribution is 7.99. The van der Waals surface area contributed by atoms with Crippen LogP contribution in [0.1, 0.15) is 18.0 Å². The van der Waals surface area contributed by atoms with Gasteiger partial charge in [-0.2, -0.15) is 0 Å². The van der Waals surface area contributed by atoms with E-state index in [9.17, 15) is 4.79 Å². The van der Waals surface area contributed by atoms with Crippen LogP contribution in [-0.2, 0) is 4.79 Å². The molecule has 0 aliphatic heterocycles. The van der Waals surface area contributed by atoms with Gasteiger partial charge in [0.05, 0.1) is 40.2 Å². The monoisotopic (exact) mass is 412 g/mol. The second-order valence-electron chi connectivity index (χ2n) is 6.41. The van der Waals surface area contributed by atoms with Gasteiger partial charge >= 0.3 is 0 Å². The molecule has 1 atom stereocenters. The van der Waals surface area contributed by atoms with Gasteiger partial charge in [0.25, 0.3) is 0 Å². The topological polar surface area (TPSA) is 71.1 Å². The van der Waals surface area contributed by atoms with Gasteiger partial charge in [-0.25, -0.2) is 9.97 Å². The number of ether oxygens (including phenoxy) is 1. The van der Waals surface area contributed by atoms with Crippen molar-refractivity contribution in [3.05, 3.63) is 47.5 Å². The fraction of sp³-hybridized carbons (Fsp3) is 0.250. The van der Waals surface area contributed by atoms with Crippen molar-refractivity contribution in [2.24, 2.45) is 0 Å². The minimum absolute atomic E-state index is 0.0368. The molecule has 2 aromatic carbocycles. The molecular formula is C20H20N4O2S2. The Morgan fingerprint density at radius 2 is 2.07 bits per heavy atom. The molecule has 2 aromatic heterocycles. The maximum atomic E-state index is 12.7. The summed E-state index contributed by atoms with van der Waals surface area (Å²) < 4.78 is 6.37. The summed E-state index contributed by atoms with van der Waals surface area (Å²) in [5.74, 6) is 1.12. The molecule has 144 valence electrons. The molecule has 0 spiro atoms. The molecule has 28 heavy (non-hydrogen) atoms. The molecule has 2 heterocycles. The fourth-order valence-corrected chi connectivity index (χ4v) is 4.71. The number of thioether (sulfide) groups is 1. The number of rotatable bonds is 6. The minimum atomic E-state index is -0.0783. The second kappa shape index (κ2) is 7.81. The Kier molecular flexibility index (Phi) is 5.23. The van der Waals surface area contributed by atoms with Crippen molar-refractivity contribution in [2.45, 2.75) is 18.1 Å². The quantitative estimate of drug-likeness (QED) is 0.472. The zero-order valence-electron chi connectivity index (χ0n) is 15.8. The molecule has 1 N–H and O–H groups in total. The summed E-state index contributed by atoms with van der Waals surface area (Å²) in [4.78, 5) is 26.9. The van der Waals surface area contributed by atoms with Crippen LogP contribution in [0, 0.1) is 0 Å². The summed E-state index contributed by atoms with van der Waals surface area (Å²) in [6.45, 7) is 2.01. The van der Waals surface area contributed by atoms with E-state index in [4.69, 9.17) is 4.74 Å². The number of nitrogens with zero attached hydrogens (tertiary/aromatic N) is 3. The van der Waals surface area contributed by atoms with Gasteiger partial charge in [0.2, 0.25) is 5.91 Å². The van der Waals surface area contributed by atoms with Crippen molar-refractivity contribution in [2.75, 3.05) is 19.9 Å². The Bertz CT molecular complexity index is 1100. The Morgan fingerprint density at radius 1 is 1.25 bits per heavy atom. The molecule has 0 bridgehead atoms. The lowest BCUT2D eigenvalue weighted by Gasteiger charge is -2.22. The van der Waals surface area contributed by atoms with Crippen LogP contribution in [0.3, 0.4) is 0 Å². The van der Waals surface area contributed by atoms with E-state index in [0.29, 0.717) is 5.75 Å². The smallest absolute Gasteiger partial charge is 0.233 e. The number of aromatic nitrogens is 3. The van der Waals surface area contributed by atoms with Gasteiger partial charge in [-0.1, -0.05) is 23.9 Å². The maximum absolute atomic E-state index is 12.7. The summed E-state index contributed by atoms with van der Waals surface area (Å²) in [5.41, 5.74) is 2.72. The third kappa shape index (κ3) is 3.70. The number of fused-ring (bicyclic) bond motifs is 2. The summed E-state index contributed by atoms with van der Waals surface area (Å²) in [6, 6.07) is 13.6. The zero-order chi connectivity index (χ0) is 19.7. The lowest BCUT2D eigenvalue weighted by atomic mass is 10.3. The van der Waals surface area contributed by atoms with Crippen molar-refractivity contribution < 1.29 is 9.53 Å².